The van der Waals surface area contributed by atoms with Crippen LogP contribution in [0, 0.1) is 0 Å². The highest BCUT2D eigenvalue weighted by molar-refractivity contribution is 5.94. The molecule has 0 aromatic carbocycles. The molecule has 5 nitrogen and oxygen atoms in total. The van der Waals surface area contributed by atoms with Crippen molar-refractivity contribution in [3.05, 3.63) is 11.5 Å². The molecule has 0 saturated heterocycles. The third-order valence-electron chi connectivity index (χ3n) is 1.97. The Morgan fingerprint density at radius 2 is 2.17 bits per heavy atom. The minimum Gasteiger partial charge on any atom is -0.373 e. The molecule has 1 amide bonds. The average Bonchev–Trinajstić information content (AvgIpc) is 2.07. The summed E-state index contributed by atoms with van der Waals surface area (Å²) >= 11 is 0. The molecule has 66 valence electrons. The Morgan fingerprint density at radius 3 is 3.00 bits per heavy atom. The van der Waals surface area contributed by atoms with E-state index in [4.69, 9.17) is 0 Å². The summed E-state index contributed by atoms with van der Waals surface area (Å²) < 4.78 is 0. The van der Waals surface area contributed by atoms with E-state index in [0.717, 1.165) is 12.4 Å². The Labute approximate surface area is 70.6 Å². The summed E-state index contributed by atoms with van der Waals surface area (Å²) in [5.74, 6) is 0.777. The maximum atomic E-state index is 11.3. The van der Waals surface area contributed by atoms with Gasteiger partial charge in [-0.25, -0.2) is 0 Å². The van der Waals surface area contributed by atoms with E-state index >= 15 is 0 Å². The van der Waals surface area contributed by atoms with E-state index in [-0.39, 0.29) is 5.91 Å². The second-order valence-corrected chi connectivity index (χ2v) is 3.04. The van der Waals surface area contributed by atoms with Gasteiger partial charge in [-0.05, 0) is 6.92 Å². The van der Waals surface area contributed by atoms with E-state index in [1.807, 2.05) is 6.92 Å². The summed E-state index contributed by atoms with van der Waals surface area (Å²) in [6.45, 7) is 3.37. The highest BCUT2D eigenvalue weighted by Crippen LogP contribution is 2.05. The molecule has 0 aliphatic carbocycles. The summed E-state index contributed by atoms with van der Waals surface area (Å²) in [6, 6.07) is 0.300. The van der Waals surface area contributed by atoms with Crippen molar-refractivity contribution in [3.8, 4) is 0 Å². The first-order chi connectivity index (χ1) is 5.77. The third-order valence-corrected chi connectivity index (χ3v) is 1.97. The van der Waals surface area contributed by atoms with Crippen LogP contribution in [0.1, 0.15) is 6.92 Å². The molecule has 1 unspecified atom stereocenters. The Bertz CT molecular complexity index is 248. The summed E-state index contributed by atoms with van der Waals surface area (Å²) in [4.78, 5) is 11.3. The van der Waals surface area contributed by atoms with Crippen LogP contribution >= 0.6 is 0 Å². The van der Waals surface area contributed by atoms with Crippen molar-refractivity contribution in [1.82, 2.24) is 21.3 Å². The van der Waals surface area contributed by atoms with Gasteiger partial charge in [-0.2, -0.15) is 0 Å². The van der Waals surface area contributed by atoms with E-state index in [9.17, 15) is 4.79 Å². The standard InChI is InChI=1S/C7H12N4O/c1-4-2-8-6-5(11-4)7(12)10-3-9-6/h4,8-9,11H,2-3H2,1H3,(H,10,12). The number of rotatable bonds is 0. The fraction of sp³-hybridized carbons (Fsp3) is 0.571. The molecule has 0 aromatic heterocycles. The Kier molecular flexibility index (Phi) is 1.56. The topological polar surface area (TPSA) is 65.2 Å². The summed E-state index contributed by atoms with van der Waals surface area (Å²) in [5.41, 5.74) is 0.625. The fourth-order valence-corrected chi connectivity index (χ4v) is 1.34. The number of carbonyl (C=O) groups excluding carboxylic acids is 1. The van der Waals surface area contributed by atoms with Gasteiger partial charge in [-0.15, -0.1) is 0 Å². The van der Waals surface area contributed by atoms with Gasteiger partial charge in [-0.3, -0.25) is 4.79 Å². The van der Waals surface area contributed by atoms with Gasteiger partial charge in [0.1, 0.15) is 11.5 Å². The van der Waals surface area contributed by atoms with E-state index in [1.165, 1.54) is 0 Å². The van der Waals surface area contributed by atoms with Gasteiger partial charge >= 0.3 is 0 Å². The van der Waals surface area contributed by atoms with Crippen molar-refractivity contribution in [2.24, 2.45) is 0 Å². The molecule has 2 aliphatic rings. The van der Waals surface area contributed by atoms with Crippen LogP contribution in [0.4, 0.5) is 0 Å². The van der Waals surface area contributed by atoms with Crippen molar-refractivity contribution in [2.45, 2.75) is 13.0 Å². The quantitative estimate of drug-likeness (QED) is 0.352. The zero-order chi connectivity index (χ0) is 8.55. The van der Waals surface area contributed by atoms with Crippen molar-refractivity contribution in [2.75, 3.05) is 13.2 Å². The molecule has 0 fully saturated rings. The van der Waals surface area contributed by atoms with Gasteiger partial charge < -0.3 is 21.3 Å². The second kappa shape index (κ2) is 2.58. The number of nitrogens with one attached hydrogen (secondary N) is 4. The molecule has 0 radical (unpaired) electrons. The highest BCUT2D eigenvalue weighted by Gasteiger charge is 2.24. The van der Waals surface area contributed by atoms with Gasteiger partial charge in [0.05, 0.1) is 6.67 Å². The Balaban J connectivity index is 2.25. The van der Waals surface area contributed by atoms with Crippen molar-refractivity contribution in [1.29, 1.82) is 0 Å². The van der Waals surface area contributed by atoms with Crippen LogP contribution in [0.3, 0.4) is 0 Å². The molecule has 2 heterocycles. The predicted molar refractivity (Wildman–Crippen MR) is 43.8 cm³/mol. The fourth-order valence-electron chi connectivity index (χ4n) is 1.34. The largest absolute Gasteiger partial charge is 0.373 e. The third kappa shape index (κ3) is 1.07. The molecule has 12 heavy (non-hydrogen) atoms. The van der Waals surface area contributed by atoms with E-state index < -0.39 is 0 Å². The van der Waals surface area contributed by atoms with Crippen LogP contribution in [0.25, 0.3) is 0 Å². The maximum Gasteiger partial charge on any atom is 0.272 e. The van der Waals surface area contributed by atoms with Crippen LogP contribution in [-0.2, 0) is 4.79 Å². The van der Waals surface area contributed by atoms with E-state index in [1.54, 1.807) is 0 Å². The molecule has 1 atom stereocenters. The van der Waals surface area contributed by atoms with Crippen LogP contribution in [-0.4, -0.2) is 25.2 Å². The molecular formula is C7H12N4O. The first kappa shape index (κ1) is 7.27. The molecule has 0 spiro atoms. The molecule has 5 heteroatoms. The number of hydrogen-bond donors (Lipinski definition) is 4. The zero-order valence-electron chi connectivity index (χ0n) is 6.90. The van der Waals surface area contributed by atoms with Gasteiger partial charge in [0.15, 0.2) is 0 Å². The summed E-state index contributed by atoms with van der Waals surface area (Å²) in [5, 5.41) is 12.0. The smallest absolute Gasteiger partial charge is 0.272 e. The monoisotopic (exact) mass is 168 g/mol. The van der Waals surface area contributed by atoms with Crippen LogP contribution in [0.5, 0.6) is 0 Å². The predicted octanol–water partition coefficient (Wildman–Crippen LogP) is -1.59. The molecule has 0 aromatic rings. The lowest BCUT2D eigenvalue weighted by molar-refractivity contribution is -0.118. The van der Waals surface area contributed by atoms with E-state index in [0.29, 0.717) is 18.4 Å². The number of amides is 1. The minimum absolute atomic E-state index is 0.0391. The number of hydrogen-bond acceptors (Lipinski definition) is 4. The first-order valence-corrected chi connectivity index (χ1v) is 4.04. The lowest BCUT2D eigenvalue weighted by Gasteiger charge is -2.31. The van der Waals surface area contributed by atoms with Gasteiger partial charge in [0.2, 0.25) is 0 Å². The highest BCUT2D eigenvalue weighted by atomic mass is 16.2. The average molecular weight is 168 g/mol. The summed E-state index contributed by atoms with van der Waals surface area (Å²) in [7, 11) is 0. The molecular weight excluding hydrogens is 156 g/mol. The second-order valence-electron chi connectivity index (χ2n) is 3.04. The normalized spacial score (nSPS) is 27.8. The van der Waals surface area contributed by atoms with Crippen molar-refractivity contribution >= 4 is 5.91 Å². The van der Waals surface area contributed by atoms with Crippen molar-refractivity contribution < 1.29 is 4.79 Å². The van der Waals surface area contributed by atoms with Crippen LogP contribution in [0.15, 0.2) is 11.5 Å². The van der Waals surface area contributed by atoms with Gasteiger partial charge in [0.25, 0.3) is 5.91 Å². The first-order valence-electron chi connectivity index (χ1n) is 4.04. The lowest BCUT2D eigenvalue weighted by Crippen LogP contribution is -2.55. The SMILES string of the molecule is CC1CNC2=C(N1)C(=O)NCN2. The van der Waals surface area contributed by atoms with Gasteiger partial charge in [-0.1, -0.05) is 0 Å². The minimum atomic E-state index is -0.0391. The maximum absolute atomic E-state index is 11.3. The number of carbonyl (C=O) groups is 1. The molecule has 2 rings (SSSR count). The van der Waals surface area contributed by atoms with Crippen LogP contribution in [0.2, 0.25) is 0 Å². The van der Waals surface area contributed by atoms with Gasteiger partial charge in [0, 0.05) is 12.6 Å². The van der Waals surface area contributed by atoms with Crippen LogP contribution < -0.4 is 21.3 Å². The Hall–Kier alpha value is -1.39. The van der Waals surface area contributed by atoms with E-state index in [2.05, 4.69) is 21.3 Å². The zero-order valence-corrected chi connectivity index (χ0v) is 6.90. The summed E-state index contributed by atoms with van der Waals surface area (Å²) in [6.07, 6.45) is 0. The molecule has 0 saturated carbocycles. The molecule has 2 aliphatic heterocycles. The Morgan fingerprint density at radius 1 is 1.33 bits per heavy atom. The molecule has 0 bridgehead atoms. The van der Waals surface area contributed by atoms with Crippen molar-refractivity contribution in [3.63, 3.8) is 0 Å². The lowest BCUT2D eigenvalue weighted by atomic mass is 10.2. The molecule has 4 N–H and O–H groups in total.